The van der Waals surface area contributed by atoms with E-state index in [-0.39, 0.29) is 24.9 Å². The van der Waals surface area contributed by atoms with Crippen LogP contribution in [0.25, 0.3) is 10.4 Å². The summed E-state index contributed by atoms with van der Waals surface area (Å²) in [5.41, 5.74) is 4.24. The molecule has 1 aliphatic heterocycles. The fourth-order valence-corrected chi connectivity index (χ4v) is 4.87. The van der Waals surface area contributed by atoms with E-state index in [0.29, 0.717) is 0 Å². The molecule has 6 heteroatoms. The first-order valence-corrected chi connectivity index (χ1v) is 10.8. The van der Waals surface area contributed by atoms with Crippen LogP contribution in [0.5, 0.6) is 0 Å². The third-order valence-electron chi connectivity index (χ3n) is 5.65. The van der Waals surface area contributed by atoms with Gasteiger partial charge in [-0.1, -0.05) is 30.3 Å². The molecule has 2 aromatic carbocycles. The number of aliphatic hydroxyl groups excluding tert-OH is 3. The molecule has 1 aliphatic rings. The second-order valence-electron chi connectivity index (χ2n) is 7.77. The molecule has 0 spiro atoms. The molecule has 0 radical (unpaired) electrons. The monoisotopic (exact) mass is 428 g/mol. The van der Waals surface area contributed by atoms with Crippen molar-refractivity contribution in [3.63, 3.8) is 0 Å². The van der Waals surface area contributed by atoms with E-state index in [1.54, 1.807) is 23.5 Å². The Hall–Kier alpha value is -2.09. The molecule has 158 valence electrons. The van der Waals surface area contributed by atoms with Gasteiger partial charge in [-0.2, -0.15) is 0 Å². The highest BCUT2D eigenvalue weighted by molar-refractivity contribution is 7.15. The first-order valence-electron chi connectivity index (χ1n) is 10.0. The Morgan fingerprint density at radius 3 is 2.57 bits per heavy atom. The van der Waals surface area contributed by atoms with E-state index in [4.69, 9.17) is 4.74 Å². The third-order valence-corrected chi connectivity index (χ3v) is 6.78. The number of rotatable bonds is 5. The molecule has 4 atom stereocenters. The average Bonchev–Trinajstić information content (AvgIpc) is 3.20. The number of hydrogen-bond acceptors (Lipinski definition) is 5. The van der Waals surface area contributed by atoms with Crippen LogP contribution in [-0.2, 0) is 11.2 Å². The van der Waals surface area contributed by atoms with Gasteiger partial charge in [-0.15, -0.1) is 11.3 Å². The largest absolute Gasteiger partial charge is 0.394 e. The van der Waals surface area contributed by atoms with Crippen molar-refractivity contribution >= 4 is 11.3 Å². The number of aliphatic hydroxyl groups is 3. The van der Waals surface area contributed by atoms with Crippen molar-refractivity contribution in [2.45, 2.75) is 44.2 Å². The van der Waals surface area contributed by atoms with E-state index >= 15 is 0 Å². The highest BCUT2D eigenvalue weighted by Crippen LogP contribution is 2.34. The first-order chi connectivity index (χ1) is 14.4. The van der Waals surface area contributed by atoms with Crippen molar-refractivity contribution in [2.24, 2.45) is 0 Å². The summed E-state index contributed by atoms with van der Waals surface area (Å²) in [5.74, 6) is -0.242. The van der Waals surface area contributed by atoms with Crippen molar-refractivity contribution in [3.8, 4) is 10.4 Å². The van der Waals surface area contributed by atoms with E-state index in [9.17, 15) is 19.7 Å². The molecule has 0 saturated carbocycles. The lowest BCUT2D eigenvalue weighted by Gasteiger charge is -2.36. The van der Waals surface area contributed by atoms with Gasteiger partial charge < -0.3 is 20.1 Å². The second kappa shape index (κ2) is 8.96. The normalized spacial score (nSPS) is 24.2. The second-order valence-corrected chi connectivity index (χ2v) is 8.94. The van der Waals surface area contributed by atoms with Crippen molar-refractivity contribution in [1.82, 2.24) is 0 Å². The predicted octanol–water partition coefficient (Wildman–Crippen LogP) is 4.00. The van der Waals surface area contributed by atoms with E-state index < -0.39 is 18.3 Å². The number of halogens is 1. The minimum atomic E-state index is -1.08. The minimum absolute atomic E-state index is 0.242. The fourth-order valence-electron chi connectivity index (χ4n) is 3.83. The molecule has 0 amide bonds. The van der Waals surface area contributed by atoms with Crippen LogP contribution in [0.2, 0.25) is 0 Å². The molecule has 4 rings (SSSR count). The molecule has 30 heavy (non-hydrogen) atoms. The highest BCUT2D eigenvalue weighted by Gasteiger charge is 2.36. The lowest BCUT2D eigenvalue weighted by Crippen LogP contribution is -2.47. The maximum Gasteiger partial charge on any atom is 0.123 e. The molecule has 4 nitrogen and oxygen atoms in total. The van der Waals surface area contributed by atoms with Gasteiger partial charge in [-0.05, 0) is 53.4 Å². The van der Waals surface area contributed by atoms with Crippen LogP contribution in [-0.4, -0.2) is 40.2 Å². The van der Waals surface area contributed by atoms with Crippen molar-refractivity contribution in [1.29, 1.82) is 0 Å². The SMILES string of the molecule is Cc1ccc(C2CC(O)[C@H](O)C(CO)O2)cc1Cc1ccc(-c2ccc(F)cc2)s1. The van der Waals surface area contributed by atoms with Crippen molar-refractivity contribution in [3.05, 3.63) is 82.0 Å². The van der Waals surface area contributed by atoms with E-state index in [2.05, 4.69) is 25.1 Å². The zero-order valence-corrected chi connectivity index (χ0v) is 17.5. The predicted molar refractivity (Wildman–Crippen MR) is 115 cm³/mol. The summed E-state index contributed by atoms with van der Waals surface area (Å²) >= 11 is 1.68. The van der Waals surface area contributed by atoms with Crippen LogP contribution in [0.3, 0.4) is 0 Å². The van der Waals surface area contributed by atoms with Gasteiger partial charge in [-0.3, -0.25) is 0 Å². The Balaban J connectivity index is 1.54. The highest BCUT2D eigenvalue weighted by atomic mass is 32.1. The van der Waals surface area contributed by atoms with Gasteiger partial charge in [0.05, 0.1) is 18.8 Å². The maximum atomic E-state index is 13.2. The molecular formula is C24H25FO4S. The Bertz CT molecular complexity index is 1000. The lowest BCUT2D eigenvalue weighted by atomic mass is 9.92. The Labute approximate surface area is 179 Å². The number of hydrogen-bond donors (Lipinski definition) is 3. The van der Waals surface area contributed by atoms with E-state index in [0.717, 1.165) is 33.6 Å². The number of benzene rings is 2. The molecule has 1 aromatic heterocycles. The van der Waals surface area contributed by atoms with Crippen LogP contribution >= 0.6 is 11.3 Å². The molecule has 0 bridgehead atoms. The zero-order valence-electron chi connectivity index (χ0n) is 16.7. The van der Waals surface area contributed by atoms with Gasteiger partial charge in [0.2, 0.25) is 0 Å². The standard InChI is InChI=1S/C24H25FO4S/c1-14-2-3-16(21-12-20(27)24(28)22(13-26)29-21)10-17(14)11-19-8-9-23(30-19)15-4-6-18(25)7-5-15/h2-10,20-22,24,26-28H,11-13H2,1H3/t20?,21?,22?,24-/m0/s1. The van der Waals surface area contributed by atoms with Crippen molar-refractivity contribution < 1.29 is 24.4 Å². The lowest BCUT2D eigenvalue weighted by molar-refractivity contribution is -0.181. The van der Waals surface area contributed by atoms with Crippen LogP contribution in [0.1, 0.15) is 34.1 Å². The average molecular weight is 429 g/mol. The van der Waals surface area contributed by atoms with Gasteiger partial charge >= 0.3 is 0 Å². The quantitative estimate of drug-likeness (QED) is 0.575. The van der Waals surface area contributed by atoms with Crippen LogP contribution in [0.4, 0.5) is 4.39 Å². The number of aryl methyl sites for hydroxylation is 1. The summed E-state index contributed by atoms with van der Waals surface area (Å²) in [7, 11) is 0. The van der Waals surface area contributed by atoms with Crippen LogP contribution < -0.4 is 0 Å². The van der Waals surface area contributed by atoms with Crippen LogP contribution in [0.15, 0.2) is 54.6 Å². The third kappa shape index (κ3) is 4.48. The topological polar surface area (TPSA) is 69.9 Å². The molecule has 2 heterocycles. The van der Waals surface area contributed by atoms with E-state index in [1.807, 2.05) is 12.1 Å². The van der Waals surface area contributed by atoms with Gasteiger partial charge in [0.25, 0.3) is 0 Å². The molecular weight excluding hydrogens is 403 g/mol. The summed E-state index contributed by atoms with van der Waals surface area (Å²) in [6.45, 7) is 1.72. The Morgan fingerprint density at radius 1 is 1.07 bits per heavy atom. The summed E-state index contributed by atoms with van der Waals surface area (Å²) in [4.78, 5) is 2.29. The summed E-state index contributed by atoms with van der Waals surface area (Å²) in [6.07, 6.45) is -2.13. The molecule has 1 saturated heterocycles. The molecule has 3 aromatic rings. The van der Waals surface area contributed by atoms with Gasteiger partial charge in [0, 0.05) is 22.6 Å². The van der Waals surface area contributed by atoms with Crippen molar-refractivity contribution in [2.75, 3.05) is 6.61 Å². The smallest absolute Gasteiger partial charge is 0.123 e. The molecule has 1 fully saturated rings. The molecule has 3 N–H and O–H groups in total. The number of ether oxygens (including phenoxy) is 1. The summed E-state index contributed by atoms with van der Waals surface area (Å²) in [6, 6.07) is 16.7. The minimum Gasteiger partial charge on any atom is -0.394 e. The zero-order chi connectivity index (χ0) is 21.3. The van der Waals surface area contributed by atoms with E-state index in [1.165, 1.54) is 17.0 Å². The summed E-state index contributed by atoms with van der Waals surface area (Å²) < 4.78 is 19.0. The number of thiophene rings is 1. The molecule has 0 aliphatic carbocycles. The van der Waals surface area contributed by atoms with Crippen LogP contribution in [0, 0.1) is 12.7 Å². The van der Waals surface area contributed by atoms with Gasteiger partial charge in [0.1, 0.15) is 18.0 Å². The summed E-state index contributed by atoms with van der Waals surface area (Å²) in [5, 5.41) is 29.5. The Kier molecular flexibility index (Phi) is 6.32. The Morgan fingerprint density at radius 2 is 1.83 bits per heavy atom. The van der Waals surface area contributed by atoms with Gasteiger partial charge in [0.15, 0.2) is 0 Å². The molecule has 3 unspecified atom stereocenters. The fraction of sp³-hybridized carbons (Fsp3) is 0.333. The maximum absolute atomic E-state index is 13.2. The first kappa shape index (κ1) is 21.2. The van der Waals surface area contributed by atoms with Gasteiger partial charge in [-0.25, -0.2) is 4.39 Å².